The number of aryl methyl sites for hydroxylation is 6. The quantitative estimate of drug-likeness (QED) is 0.102. The normalized spacial score (nSPS) is 10.0. The first-order chi connectivity index (χ1) is 35.2. The number of carboxylic acid groups (broad SMARTS) is 1. The van der Waals surface area contributed by atoms with Gasteiger partial charge in [-0.3, -0.25) is 43.7 Å². The Hall–Kier alpha value is -6.73. The van der Waals surface area contributed by atoms with Gasteiger partial charge in [-0.05, 0) is 190 Å². The molecule has 3 heterocycles. The molecule has 13 heteroatoms. The summed E-state index contributed by atoms with van der Waals surface area (Å²) < 4.78 is 9.54. The minimum Gasteiger partial charge on any atom is -0.481 e. The van der Waals surface area contributed by atoms with E-state index < -0.39 is 5.97 Å². The van der Waals surface area contributed by atoms with Crippen LogP contribution in [0.1, 0.15) is 190 Å². The van der Waals surface area contributed by atoms with Crippen LogP contribution in [0.3, 0.4) is 0 Å². The average molecular weight is 1030 g/mol. The number of pyridine rings is 3. The molecule has 0 saturated heterocycles. The number of methoxy groups -OCH3 is 2. The van der Waals surface area contributed by atoms with Crippen LogP contribution in [-0.2, 0) is 43.1 Å². The Morgan fingerprint density at radius 3 is 0.760 bits per heavy atom. The van der Waals surface area contributed by atoms with Gasteiger partial charge in [0, 0.05) is 55.5 Å². The highest BCUT2D eigenvalue weighted by Gasteiger charge is 2.23. The molecule has 0 fully saturated rings. The van der Waals surface area contributed by atoms with Gasteiger partial charge >= 0.3 is 17.9 Å². The van der Waals surface area contributed by atoms with Crippen LogP contribution in [0.5, 0.6) is 0 Å². The van der Waals surface area contributed by atoms with Crippen molar-refractivity contribution in [2.24, 2.45) is 5.73 Å². The topological polar surface area (TPSA) is 206 Å². The zero-order valence-corrected chi connectivity index (χ0v) is 49.9. The van der Waals surface area contributed by atoms with Crippen LogP contribution < -0.4 is 5.73 Å². The number of nitrogens with zero attached hydrogens (tertiary/aromatic N) is 3. The molecule has 0 radical (unpaired) electrons. The Balaban J connectivity index is 0.00000101. The maximum atomic E-state index is 12.0. The van der Waals surface area contributed by atoms with E-state index in [9.17, 15) is 28.8 Å². The van der Waals surface area contributed by atoms with Crippen LogP contribution in [0, 0.1) is 83.1 Å². The number of aromatic nitrogens is 3. The number of esters is 2. The van der Waals surface area contributed by atoms with Crippen molar-refractivity contribution in [3.63, 3.8) is 0 Å². The summed E-state index contributed by atoms with van der Waals surface area (Å²) in [7, 11) is 4.24. The maximum Gasteiger partial charge on any atom is 0.310 e. The predicted octanol–water partition coefficient (Wildman–Crippen LogP) is 13.5. The fourth-order valence-corrected chi connectivity index (χ4v) is 8.67. The average Bonchev–Trinajstić information content (AvgIpc) is 3.38. The summed E-state index contributed by atoms with van der Waals surface area (Å²) in [4.78, 5) is 83.1. The summed E-state index contributed by atoms with van der Waals surface area (Å²) in [5.41, 5.74) is 21.3. The van der Waals surface area contributed by atoms with E-state index in [1.807, 2.05) is 83.1 Å². The molecule has 0 atom stereocenters. The molecule has 0 aliphatic carbocycles. The van der Waals surface area contributed by atoms with Crippen molar-refractivity contribution in [3.8, 4) is 0 Å². The number of carbonyl (C=O) groups is 6. The van der Waals surface area contributed by atoms with Crippen LogP contribution in [0.4, 0.5) is 0 Å². The Morgan fingerprint density at radius 1 is 0.400 bits per heavy atom. The van der Waals surface area contributed by atoms with Crippen molar-refractivity contribution in [3.05, 3.63) is 119 Å². The minimum absolute atomic E-state index is 0.0691. The van der Waals surface area contributed by atoms with E-state index in [0.29, 0.717) is 22.6 Å². The lowest BCUT2D eigenvalue weighted by atomic mass is 9.88. The van der Waals surface area contributed by atoms with Crippen molar-refractivity contribution >= 4 is 67.6 Å². The first-order valence-electron chi connectivity index (χ1n) is 25.8. The molecule has 13 nitrogen and oxygen atoms in total. The first kappa shape index (κ1) is 68.3. The summed E-state index contributed by atoms with van der Waals surface area (Å²) in [5, 5.41) is 14.4. The van der Waals surface area contributed by atoms with E-state index in [2.05, 4.69) is 62.2 Å². The molecule has 3 aromatic carbocycles. The summed E-state index contributed by atoms with van der Waals surface area (Å²) in [6, 6.07) is 0. The van der Waals surface area contributed by atoms with Gasteiger partial charge in [0.25, 0.3) is 0 Å². The smallest absolute Gasteiger partial charge is 0.310 e. The van der Waals surface area contributed by atoms with Gasteiger partial charge in [0.15, 0.2) is 17.3 Å². The third-order valence-electron chi connectivity index (χ3n) is 13.3. The van der Waals surface area contributed by atoms with Gasteiger partial charge in [-0.1, -0.05) is 54.4 Å². The standard InChI is InChI=1S/2C18H21NO3.C17H19NO3.2C3H8.C2H6.CH5N/c2*1-9-10(2)12(4)17-16(11(9)3)14(7-15(21)22-6)8-19-18(17)13(5)20;1-8-9(2)11(4)16-15(10(8)3)13(6-14(20)21)7-18-17(16)12(5)19;2*1-3-2;2*1-2/h2*8H,7H2,1-6H3;7H,6H2,1-5H3,(H,20,21);2*3H2,1-2H3;1-2H3;2H2,1H3. The minimum atomic E-state index is -0.899. The van der Waals surface area contributed by atoms with Crippen molar-refractivity contribution in [1.29, 1.82) is 0 Å². The molecule has 0 bridgehead atoms. The molecule has 0 aliphatic rings. The van der Waals surface area contributed by atoms with Gasteiger partial charge in [-0.15, -0.1) is 0 Å². The number of benzene rings is 3. The molecule has 0 saturated carbocycles. The molecule has 410 valence electrons. The van der Waals surface area contributed by atoms with Gasteiger partial charge < -0.3 is 20.3 Å². The van der Waals surface area contributed by atoms with Gasteiger partial charge in [0.2, 0.25) is 0 Å². The summed E-state index contributed by atoms with van der Waals surface area (Å²) in [6.07, 6.45) is 7.48. The number of aliphatic carboxylic acids is 1. The van der Waals surface area contributed by atoms with E-state index in [0.717, 1.165) is 99.1 Å². The number of ether oxygens (including phenoxy) is 2. The molecule has 0 unspecified atom stereocenters. The highest BCUT2D eigenvalue weighted by atomic mass is 16.5. The summed E-state index contributed by atoms with van der Waals surface area (Å²) >= 11 is 0. The molecule has 0 aliphatic heterocycles. The Kier molecular flexibility index (Phi) is 29.0. The number of nitrogens with two attached hydrogens (primary N) is 1. The van der Waals surface area contributed by atoms with E-state index in [4.69, 9.17) is 14.6 Å². The lowest BCUT2D eigenvalue weighted by Crippen LogP contribution is -2.10. The highest BCUT2D eigenvalue weighted by molar-refractivity contribution is 6.11. The van der Waals surface area contributed by atoms with Crippen molar-refractivity contribution in [1.82, 2.24) is 15.0 Å². The summed E-state index contributed by atoms with van der Waals surface area (Å²) in [6.45, 7) is 41.3. The molecular formula is C62H88N4O9. The molecular weight excluding hydrogens is 945 g/mol. The fraction of sp³-hybridized carbons (Fsp3) is 0.468. The molecule has 3 aromatic heterocycles. The zero-order valence-electron chi connectivity index (χ0n) is 49.9. The molecule has 0 amide bonds. The van der Waals surface area contributed by atoms with Crippen LogP contribution >= 0.6 is 0 Å². The van der Waals surface area contributed by atoms with Crippen molar-refractivity contribution in [2.45, 2.75) is 178 Å². The SMILES string of the molecule is CC.CC(=O)c1ncc(CC(=O)O)c2c(C)c(C)c(C)c(C)c12.CCC.CCC.CN.COC(=O)Cc1cnc(C(C)=O)c2c(C)c(C)c(C)c(C)c12.COC(=O)Cc1cnc(C(C)=O)c2c(C)c(C)c(C)c(C)c12. The Labute approximate surface area is 447 Å². The number of rotatable bonds is 9. The second-order valence-electron chi connectivity index (χ2n) is 18.3. The predicted molar refractivity (Wildman–Crippen MR) is 308 cm³/mol. The molecule has 0 spiro atoms. The Morgan fingerprint density at radius 2 is 0.587 bits per heavy atom. The van der Waals surface area contributed by atoms with E-state index in [1.54, 1.807) is 12.4 Å². The van der Waals surface area contributed by atoms with Gasteiger partial charge in [-0.25, -0.2) is 0 Å². The molecule has 6 aromatic rings. The maximum absolute atomic E-state index is 12.0. The monoisotopic (exact) mass is 1030 g/mol. The third-order valence-corrected chi connectivity index (χ3v) is 13.3. The molecule has 3 N–H and O–H groups in total. The fourth-order valence-electron chi connectivity index (χ4n) is 8.67. The number of Topliss-reactive ketones (excluding diaryl/α,β-unsaturated/α-hetero) is 3. The van der Waals surface area contributed by atoms with E-state index in [-0.39, 0.29) is 48.6 Å². The van der Waals surface area contributed by atoms with Crippen molar-refractivity contribution in [2.75, 3.05) is 21.3 Å². The van der Waals surface area contributed by atoms with E-state index in [1.165, 1.54) is 72.2 Å². The van der Waals surface area contributed by atoms with Crippen LogP contribution in [0.25, 0.3) is 32.3 Å². The second kappa shape index (κ2) is 31.9. The number of carboxylic acids is 1. The summed E-state index contributed by atoms with van der Waals surface area (Å²) in [5.74, 6) is -1.76. The van der Waals surface area contributed by atoms with Crippen LogP contribution in [-0.4, -0.2) is 76.6 Å². The number of hydrogen-bond donors (Lipinski definition) is 2. The number of carbonyl (C=O) groups excluding carboxylic acids is 5. The van der Waals surface area contributed by atoms with Gasteiger partial charge in [0.1, 0.15) is 17.1 Å². The lowest BCUT2D eigenvalue weighted by molar-refractivity contribution is -0.140. The second-order valence-corrected chi connectivity index (χ2v) is 18.3. The third kappa shape index (κ3) is 16.4. The van der Waals surface area contributed by atoms with Gasteiger partial charge in [-0.2, -0.15) is 0 Å². The molecule has 6 rings (SSSR count). The van der Waals surface area contributed by atoms with Gasteiger partial charge in [0.05, 0.1) is 33.5 Å². The largest absolute Gasteiger partial charge is 0.481 e. The van der Waals surface area contributed by atoms with Crippen molar-refractivity contribution < 1.29 is 43.3 Å². The zero-order chi connectivity index (χ0) is 58.5. The molecule has 75 heavy (non-hydrogen) atoms. The van der Waals surface area contributed by atoms with Crippen LogP contribution in [0.2, 0.25) is 0 Å². The Bertz CT molecular complexity index is 2900. The number of fused-ring (bicyclic) bond motifs is 3. The first-order valence-corrected chi connectivity index (χ1v) is 25.8. The highest BCUT2D eigenvalue weighted by Crippen LogP contribution is 2.36. The number of hydrogen-bond acceptors (Lipinski definition) is 12. The number of ketones is 3. The van der Waals surface area contributed by atoms with Crippen LogP contribution in [0.15, 0.2) is 18.6 Å². The lowest BCUT2D eigenvalue weighted by Gasteiger charge is -2.18. The van der Waals surface area contributed by atoms with E-state index >= 15 is 0 Å².